The molecule has 0 bridgehead atoms. The zero-order valence-electron chi connectivity index (χ0n) is 9.03. The molecule has 0 atom stereocenters. The van der Waals surface area contributed by atoms with Gasteiger partial charge in [-0.15, -0.1) is 0 Å². The number of benzene rings is 1. The van der Waals surface area contributed by atoms with E-state index in [2.05, 4.69) is 0 Å². The van der Waals surface area contributed by atoms with Gasteiger partial charge in [-0.05, 0) is 37.3 Å². The molecule has 0 aliphatic heterocycles. The quantitative estimate of drug-likeness (QED) is 0.741. The molecule has 2 aromatic rings. The van der Waals surface area contributed by atoms with E-state index in [1.807, 2.05) is 29.7 Å². The van der Waals surface area contributed by atoms with Crippen LogP contribution in [0.15, 0.2) is 29.1 Å². The fourth-order valence-corrected chi connectivity index (χ4v) is 2.51. The number of pyridine rings is 1. The second-order valence-electron chi connectivity index (χ2n) is 4.40. The first kappa shape index (κ1) is 9.91. The van der Waals surface area contributed by atoms with E-state index in [4.69, 9.17) is 11.6 Å². The Morgan fingerprint density at radius 3 is 2.81 bits per heavy atom. The lowest BCUT2D eigenvalue weighted by atomic mass is 10.1. The van der Waals surface area contributed by atoms with Gasteiger partial charge in [-0.1, -0.05) is 23.7 Å². The molecule has 0 saturated heterocycles. The highest BCUT2D eigenvalue weighted by Gasteiger charge is 2.26. The fourth-order valence-electron chi connectivity index (χ4n) is 2.25. The lowest BCUT2D eigenvalue weighted by molar-refractivity contribution is 0.689. The van der Waals surface area contributed by atoms with E-state index < -0.39 is 0 Å². The number of nitrogens with zero attached hydrogens (tertiary/aromatic N) is 1. The molecule has 3 rings (SSSR count). The van der Waals surface area contributed by atoms with Crippen LogP contribution in [0, 0.1) is 6.92 Å². The Labute approximate surface area is 98.5 Å². The Kier molecular flexibility index (Phi) is 2.08. The van der Waals surface area contributed by atoms with Crippen molar-refractivity contribution in [3.05, 3.63) is 45.3 Å². The zero-order chi connectivity index (χ0) is 11.3. The van der Waals surface area contributed by atoms with Crippen LogP contribution in [-0.2, 0) is 0 Å². The summed E-state index contributed by atoms with van der Waals surface area (Å²) in [6.45, 7) is 1.99. The van der Waals surface area contributed by atoms with Gasteiger partial charge in [0.05, 0.1) is 10.4 Å². The monoisotopic (exact) mass is 233 g/mol. The Morgan fingerprint density at radius 2 is 2.12 bits per heavy atom. The summed E-state index contributed by atoms with van der Waals surface area (Å²) in [7, 11) is 0. The fraction of sp³-hybridized carbons (Fsp3) is 0.308. The number of aryl methyl sites for hydroxylation is 1. The van der Waals surface area contributed by atoms with Crippen LogP contribution in [0.3, 0.4) is 0 Å². The van der Waals surface area contributed by atoms with Gasteiger partial charge in [-0.25, -0.2) is 0 Å². The molecule has 3 heteroatoms. The lowest BCUT2D eigenvalue weighted by Gasteiger charge is -2.10. The maximum absolute atomic E-state index is 12.3. The largest absolute Gasteiger partial charge is 0.309 e. The molecule has 0 radical (unpaired) electrons. The molecule has 1 fully saturated rings. The zero-order valence-corrected chi connectivity index (χ0v) is 9.79. The van der Waals surface area contributed by atoms with Crippen LogP contribution in [0.2, 0.25) is 5.02 Å². The van der Waals surface area contributed by atoms with Crippen molar-refractivity contribution < 1.29 is 0 Å². The predicted molar refractivity (Wildman–Crippen MR) is 66.2 cm³/mol. The van der Waals surface area contributed by atoms with Crippen LogP contribution >= 0.6 is 11.6 Å². The van der Waals surface area contributed by atoms with Crippen LogP contribution in [0.5, 0.6) is 0 Å². The number of hydrogen-bond acceptors (Lipinski definition) is 1. The van der Waals surface area contributed by atoms with Gasteiger partial charge >= 0.3 is 0 Å². The molecular weight excluding hydrogens is 222 g/mol. The van der Waals surface area contributed by atoms with Crippen molar-refractivity contribution in [1.82, 2.24) is 4.57 Å². The highest BCUT2D eigenvalue weighted by atomic mass is 35.5. The van der Waals surface area contributed by atoms with Gasteiger partial charge < -0.3 is 4.57 Å². The Morgan fingerprint density at radius 1 is 1.38 bits per heavy atom. The molecule has 0 amide bonds. The highest BCUT2D eigenvalue weighted by Crippen LogP contribution is 2.35. The van der Waals surface area contributed by atoms with E-state index in [-0.39, 0.29) is 5.56 Å². The average Bonchev–Trinajstić information content (AvgIpc) is 3.01. The Balaban J connectivity index is 2.45. The summed E-state index contributed by atoms with van der Waals surface area (Å²) in [6, 6.07) is 8.03. The smallest absolute Gasteiger partial charge is 0.260 e. The van der Waals surface area contributed by atoms with Crippen molar-refractivity contribution in [3.8, 4) is 0 Å². The molecule has 1 heterocycles. The van der Waals surface area contributed by atoms with Crippen LogP contribution in [0.25, 0.3) is 10.8 Å². The Bertz CT molecular complexity index is 626. The van der Waals surface area contributed by atoms with Gasteiger partial charge in [0.15, 0.2) is 0 Å². The molecule has 16 heavy (non-hydrogen) atoms. The van der Waals surface area contributed by atoms with E-state index in [0.29, 0.717) is 16.5 Å². The maximum Gasteiger partial charge on any atom is 0.260 e. The van der Waals surface area contributed by atoms with Gasteiger partial charge in [0, 0.05) is 11.7 Å². The minimum absolute atomic E-state index is 0.0584. The van der Waals surface area contributed by atoms with E-state index in [1.54, 1.807) is 6.07 Å². The molecule has 1 saturated carbocycles. The van der Waals surface area contributed by atoms with E-state index in [9.17, 15) is 4.79 Å². The molecule has 2 nitrogen and oxygen atoms in total. The van der Waals surface area contributed by atoms with Crippen molar-refractivity contribution in [2.45, 2.75) is 25.8 Å². The first-order valence-electron chi connectivity index (χ1n) is 5.49. The minimum atomic E-state index is 0.0584. The highest BCUT2D eigenvalue weighted by molar-refractivity contribution is 6.35. The van der Waals surface area contributed by atoms with Gasteiger partial charge in [0.25, 0.3) is 5.56 Å². The normalized spacial score (nSPS) is 15.6. The number of aromatic nitrogens is 1. The lowest BCUT2D eigenvalue weighted by Crippen LogP contribution is -2.21. The summed E-state index contributed by atoms with van der Waals surface area (Å²) in [4.78, 5) is 12.3. The summed E-state index contributed by atoms with van der Waals surface area (Å²) in [5, 5.41) is 2.14. The third-order valence-electron chi connectivity index (χ3n) is 3.13. The molecule has 0 N–H and O–H groups in total. The number of hydrogen-bond donors (Lipinski definition) is 0. The van der Waals surface area contributed by atoms with Crippen molar-refractivity contribution in [2.24, 2.45) is 0 Å². The van der Waals surface area contributed by atoms with Gasteiger partial charge in [-0.3, -0.25) is 4.79 Å². The summed E-state index contributed by atoms with van der Waals surface area (Å²) in [5.74, 6) is 0. The molecule has 82 valence electrons. The molecule has 1 aromatic heterocycles. The van der Waals surface area contributed by atoms with Crippen LogP contribution in [0.4, 0.5) is 0 Å². The van der Waals surface area contributed by atoms with Crippen LogP contribution in [0.1, 0.15) is 24.6 Å². The summed E-state index contributed by atoms with van der Waals surface area (Å²) in [6.07, 6.45) is 2.22. The number of fused-ring (bicyclic) bond motifs is 1. The Hall–Kier alpha value is -1.28. The molecule has 1 aliphatic carbocycles. The summed E-state index contributed by atoms with van der Waals surface area (Å²) in [5.41, 5.74) is 1.09. The second-order valence-corrected chi connectivity index (χ2v) is 4.80. The molecular formula is C13H12ClNO. The molecule has 0 unspecified atom stereocenters. The molecule has 1 aliphatic rings. The predicted octanol–water partition coefficient (Wildman–Crippen LogP) is 3.30. The maximum atomic E-state index is 12.3. The minimum Gasteiger partial charge on any atom is -0.309 e. The van der Waals surface area contributed by atoms with Crippen LogP contribution < -0.4 is 5.56 Å². The average molecular weight is 234 g/mol. The standard InChI is InChI=1S/C13H12ClNO/c1-8-7-9-3-2-4-11(14)12(9)13(16)15(8)10-5-6-10/h2-4,7,10H,5-6H2,1H3. The van der Waals surface area contributed by atoms with Gasteiger partial charge in [-0.2, -0.15) is 0 Å². The van der Waals surface area contributed by atoms with E-state index in [0.717, 1.165) is 23.9 Å². The number of halogens is 1. The van der Waals surface area contributed by atoms with Gasteiger partial charge in [0.2, 0.25) is 0 Å². The van der Waals surface area contributed by atoms with Crippen molar-refractivity contribution >= 4 is 22.4 Å². The van der Waals surface area contributed by atoms with Crippen molar-refractivity contribution in [3.63, 3.8) is 0 Å². The third kappa shape index (κ3) is 1.37. The van der Waals surface area contributed by atoms with Gasteiger partial charge in [0.1, 0.15) is 0 Å². The number of rotatable bonds is 1. The SMILES string of the molecule is Cc1cc2cccc(Cl)c2c(=O)n1C1CC1. The summed E-state index contributed by atoms with van der Waals surface area (Å²) < 4.78 is 1.88. The third-order valence-corrected chi connectivity index (χ3v) is 3.45. The topological polar surface area (TPSA) is 22.0 Å². The molecule has 1 aromatic carbocycles. The van der Waals surface area contributed by atoms with E-state index >= 15 is 0 Å². The van der Waals surface area contributed by atoms with E-state index in [1.165, 1.54) is 0 Å². The van der Waals surface area contributed by atoms with Crippen molar-refractivity contribution in [2.75, 3.05) is 0 Å². The first-order chi connectivity index (χ1) is 7.68. The second kappa shape index (κ2) is 3.36. The summed E-state index contributed by atoms with van der Waals surface area (Å²) >= 11 is 6.10. The molecule has 0 spiro atoms. The first-order valence-corrected chi connectivity index (χ1v) is 5.86. The van der Waals surface area contributed by atoms with Crippen molar-refractivity contribution in [1.29, 1.82) is 0 Å². The van der Waals surface area contributed by atoms with Crippen LogP contribution in [-0.4, -0.2) is 4.57 Å².